The summed E-state index contributed by atoms with van der Waals surface area (Å²) >= 11 is 5.86. The summed E-state index contributed by atoms with van der Waals surface area (Å²) in [5.74, 6) is -1.06. The van der Waals surface area contributed by atoms with Crippen molar-refractivity contribution >= 4 is 33.3 Å². The monoisotopic (exact) mass is 504 g/mol. The van der Waals surface area contributed by atoms with Crippen LogP contribution in [0.1, 0.15) is 30.5 Å². The highest BCUT2D eigenvalue weighted by Crippen LogP contribution is 2.37. The highest BCUT2D eigenvalue weighted by molar-refractivity contribution is 7.89. The summed E-state index contributed by atoms with van der Waals surface area (Å²) in [7, 11) is -3.94. The van der Waals surface area contributed by atoms with Gasteiger partial charge in [-0.05, 0) is 62.2 Å². The number of rotatable bonds is 5. The molecular weight excluding hydrogens is 481 g/mol. The lowest BCUT2D eigenvalue weighted by molar-refractivity contribution is -0.138. The fourth-order valence-corrected chi connectivity index (χ4v) is 6.34. The van der Waals surface area contributed by atoms with Crippen molar-refractivity contribution in [3.8, 4) is 0 Å². The van der Waals surface area contributed by atoms with Crippen molar-refractivity contribution in [1.82, 2.24) is 4.31 Å². The van der Waals surface area contributed by atoms with Crippen LogP contribution in [0, 0.1) is 6.92 Å². The van der Waals surface area contributed by atoms with Crippen molar-refractivity contribution in [2.45, 2.75) is 50.3 Å². The van der Waals surface area contributed by atoms with Gasteiger partial charge in [-0.3, -0.25) is 4.79 Å². The number of carbonyl (C=O) groups is 1. The fraction of sp³-hybridized carbons (Fsp3) is 0.409. The molecule has 1 heterocycles. The molecule has 3 rings (SSSR count). The summed E-state index contributed by atoms with van der Waals surface area (Å²) in [6, 6.07) is 6.93. The molecule has 0 aromatic heterocycles. The molecule has 1 aliphatic rings. The summed E-state index contributed by atoms with van der Waals surface area (Å²) in [5, 5.41) is 8.68. The van der Waals surface area contributed by atoms with Crippen LogP contribution in [0.15, 0.2) is 41.3 Å². The molecule has 6 nitrogen and oxygen atoms in total. The summed E-state index contributed by atoms with van der Waals surface area (Å²) in [6.45, 7) is 5.66. The van der Waals surface area contributed by atoms with Crippen LogP contribution in [-0.4, -0.2) is 49.0 Å². The molecule has 0 aliphatic carbocycles. The number of carboxylic acid groups (broad SMARTS) is 1. The predicted molar refractivity (Wildman–Crippen MR) is 119 cm³/mol. The Morgan fingerprint density at radius 1 is 1.12 bits per heavy atom. The minimum atomic E-state index is -4.56. The second-order valence-corrected chi connectivity index (χ2v) is 10.5. The normalized spacial score (nSPS) is 20.2. The first-order valence-corrected chi connectivity index (χ1v) is 12.0. The van der Waals surface area contributed by atoms with Crippen LogP contribution >= 0.6 is 11.6 Å². The number of nitrogens with zero attached hydrogens (tertiary/aromatic N) is 2. The number of piperazine rings is 1. The maximum absolute atomic E-state index is 13.4. The van der Waals surface area contributed by atoms with Crippen LogP contribution in [0.25, 0.3) is 0 Å². The zero-order chi connectivity index (χ0) is 24.7. The van der Waals surface area contributed by atoms with Crippen LogP contribution in [0.4, 0.5) is 18.9 Å². The van der Waals surface area contributed by atoms with Crippen LogP contribution in [0.3, 0.4) is 0 Å². The minimum absolute atomic E-state index is 0.00840. The summed E-state index contributed by atoms with van der Waals surface area (Å²) in [4.78, 5) is 12.9. The Morgan fingerprint density at radius 2 is 1.73 bits per heavy atom. The van der Waals surface area contributed by atoms with Gasteiger partial charge in [-0.15, -0.1) is 0 Å². The molecule has 0 spiro atoms. The van der Waals surface area contributed by atoms with Crippen LogP contribution in [0.5, 0.6) is 0 Å². The average molecular weight is 505 g/mol. The van der Waals surface area contributed by atoms with Gasteiger partial charge in [0.1, 0.15) is 0 Å². The molecule has 2 aromatic carbocycles. The lowest BCUT2D eigenvalue weighted by Crippen LogP contribution is -2.58. The highest BCUT2D eigenvalue weighted by Gasteiger charge is 2.39. The largest absolute Gasteiger partial charge is 0.481 e. The van der Waals surface area contributed by atoms with Gasteiger partial charge >= 0.3 is 12.1 Å². The van der Waals surface area contributed by atoms with Crippen LogP contribution in [0.2, 0.25) is 5.02 Å². The van der Waals surface area contributed by atoms with Crippen LogP contribution in [-0.2, 0) is 27.4 Å². The average Bonchev–Trinajstić information content (AvgIpc) is 2.67. The van der Waals surface area contributed by atoms with Gasteiger partial charge in [0.2, 0.25) is 10.0 Å². The standard InChI is InChI=1S/C22H24ClF3N2O4S/c1-13-4-6-18(8-16(13)9-21(29)30)33(31,32)28-14(2)11-27(12-15(28)3)17-5-7-19(20(23)10-17)22(24,25)26/h4-8,10,14-15H,9,11-12H2,1-3H3,(H,29,30). The van der Waals surface area contributed by atoms with Gasteiger partial charge in [-0.1, -0.05) is 17.7 Å². The molecule has 0 amide bonds. The second kappa shape index (κ2) is 9.15. The Hall–Kier alpha value is -2.30. The smallest absolute Gasteiger partial charge is 0.417 e. The number of aliphatic carboxylic acids is 1. The third kappa shape index (κ3) is 5.28. The Kier molecular flexibility index (Phi) is 7.02. The minimum Gasteiger partial charge on any atom is -0.481 e. The van der Waals surface area contributed by atoms with Crippen LogP contribution < -0.4 is 4.90 Å². The van der Waals surface area contributed by atoms with E-state index >= 15 is 0 Å². The molecule has 1 fully saturated rings. The quantitative estimate of drug-likeness (QED) is 0.645. The number of alkyl halides is 3. The lowest BCUT2D eigenvalue weighted by atomic mass is 10.1. The number of anilines is 1. The molecule has 1 aliphatic heterocycles. The van der Waals surface area contributed by atoms with Gasteiger partial charge < -0.3 is 10.0 Å². The van der Waals surface area contributed by atoms with E-state index in [0.29, 0.717) is 16.8 Å². The van der Waals surface area contributed by atoms with Gasteiger partial charge in [0, 0.05) is 30.9 Å². The van der Waals surface area contributed by atoms with Gasteiger partial charge in [0.05, 0.1) is 21.9 Å². The summed E-state index contributed by atoms with van der Waals surface area (Å²) in [5.41, 5.74) is 0.651. The number of aryl methyl sites for hydroxylation is 1. The highest BCUT2D eigenvalue weighted by atomic mass is 35.5. The third-order valence-electron chi connectivity index (χ3n) is 5.70. The Morgan fingerprint density at radius 3 is 2.24 bits per heavy atom. The Bertz CT molecular complexity index is 1160. The number of carboxylic acids is 1. The van der Waals surface area contributed by atoms with Crippen molar-refractivity contribution in [3.63, 3.8) is 0 Å². The van der Waals surface area contributed by atoms with Crippen molar-refractivity contribution < 1.29 is 31.5 Å². The number of sulfonamides is 1. The molecule has 2 unspecified atom stereocenters. The number of halogens is 4. The molecule has 11 heteroatoms. The Labute approximate surface area is 195 Å². The maximum atomic E-state index is 13.4. The molecule has 0 saturated carbocycles. The molecule has 2 aromatic rings. The van der Waals surface area contributed by atoms with Gasteiger partial charge in [-0.2, -0.15) is 17.5 Å². The first kappa shape index (κ1) is 25.3. The first-order valence-electron chi connectivity index (χ1n) is 10.2. The molecule has 33 heavy (non-hydrogen) atoms. The second-order valence-electron chi connectivity index (χ2n) is 8.26. The van der Waals surface area contributed by atoms with E-state index in [1.54, 1.807) is 31.7 Å². The first-order chi connectivity index (χ1) is 15.2. The zero-order valence-corrected chi connectivity index (χ0v) is 19.8. The van der Waals surface area contributed by atoms with E-state index in [1.807, 2.05) is 0 Å². The third-order valence-corrected chi connectivity index (χ3v) is 8.14. The van der Waals surface area contributed by atoms with E-state index in [0.717, 1.165) is 6.07 Å². The molecule has 1 saturated heterocycles. The zero-order valence-electron chi connectivity index (χ0n) is 18.2. The number of hydrogen-bond acceptors (Lipinski definition) is 4. The maximum Gasteiger partial charge on any atom is 0.417 e. The van der Waals surface area contributed by atoms with E-state index in [1.165, 1.54) is 28.6 Å². The van der Waals surface area contributed by atoms with Gasteiger partial charge in [0.25, 0.3) is 0 Å². The molecule has 2 atom stereocenters. The Balaban J connectivity index is 1.87. The molecule has 0 bridgehead atoms. The van der Waals surface area contributed by atoms with E-state index in [9.17, 15) is 26.4 Å². The van der Waals surface area contributed by atoms with E-state index < -0.39 is 44.8 Å². The van der Waals surface area contributed by atoms with E-state index in [4.69, 9.17) is 16.7 Å². The van der Waals surface area contributed by atoms with Gasteiger partial charge in [0.15, 0.2) is 0 Å². The molecule has 0 radical (unpaired) electrons. The molecule has 1 N–H and O–H groups in total. The topological polar surface area (TPSA) is 77.9 Å². The van der Waals surface area contributed by atoms with Crippen molar-refractivity contribution in [2.24, 2.45) is 0 Å². The summed E-state index contributed by atoms with van der Waals surface area (Å²) in [6.07, 6.45) is -4.85. The number of benzene rings is 2. The van der Waals surface area contributed by atoms with Crippen molar-refractivity contribution in [3.05, 3.63) is 58.1 Å². The van der Waals surface area contributed by atoms with Gasteiger partial charge in [-0.25, -0.2) is 8.42 Å². The fourth-order valence-electron chi connectivity index (χ4n) is 4.21. The number of hydrogen-bond donors (Lipinski definition) is 1. The van der Waals surface area contributed by atoms with Crippen molar-refractivity contribution in [2.75, 3.05) is 18.0 Å². The predicted octanol–water partition coefficient (Wildman–Crippen LogP) is 4.58. The molecule has 180 valence electrons. The van der Waals surface area contributed by atoms with E-state index in [2.05, 4.69) is 0 Å². The lowest BCUT2D eigenvalue weighted by Gasteiger charge is -2.44. The van der Waals surface area contributed by atoms with Crippen molar-refractivity contribution in [1.29, 1.82) is 0 Å². The van der Waals surface area contributed by atoms with E-state index in [-0.39, 0.29) is 24.4 Å². The summed E-state index contributed by atoms with van der Waals surface area (Å²) < 4.78 is 67.2. The SMILES string of the molecule is Cc1ccc(S(=O)(=O)N2C(C)CN(c3ccc(C(F)(F)F)c(Cl)c3)CC2C)cc1CC(=O)O. The molecular formula is C22H24ClF3N2O4S.